The zero-order valence-electron chi connectivity index (χ0n) is 15.6. The second kappa shape index (κ2) is 7.28. The molecule has 2 heterocycles. The minimum Gasteiger partial charge on any atom is -0.348 e. The Bertz CT molecular complexity index is 902. The van der Waals surface area contributed by atoms with E-state index < -0.39 is 0 Å². The minimum atomic E-state index is -0.201. The first-order valence-corrected chi connectivity index (χ1v) is 9.68. The summed E-state index contributed by atoms with van der Waals surface area (Å²) >= 11 is 1.26. The third-order valence-electron chi connectivity index (χ3n) is 5.22. The van der Waals surface area contributed by atoms with Gasteiger partial charge in [-0.05, 0) is 51.6 Å². The van der Waals surface area contributed by atoms with Crippen LogP contribution in [0, 0.1) is 26.7 Å². The molecule has 2 unspecified atom stereocenters. The van der Waals surface area contributed by atoms with Crippen LogP contribution in [0.2, 0.25) is 0 Å². The van der Waals surface area contributed by atoms with Crippen LogP contribution in [0.3, 0.4) is 0 Å². The van der Waals surface area contributed by atoms with E-state index in [4.69, 9.17) is 5.73 Å². The summed E-state index contributed by atoms with van der Waals surface area (Å²) in [6.45, 7) is 6.11. The molecule has 0 spiro atoms. The van der Waals surface area contributed by atoms with Crippen molar-refractivity contribution in [1.82, 2.24) is 20.1 Å². The lowest BCUT2D eigenvalue weighted by atomic mass is 10.0. The summed E-state index contributed by atoms with van der Waals surface area (Å²) in [6, 6.07) is 0.121. The molecule has 1 aliphatic carbocycles. The summed E-state index contributed by atoms with van der Waals surface area (Å²) < 4.78 is 1.32. The molecular weight excluding hydrogens is 350 g/mol. The molecule has 3 N–H and O–H groups in total. The molecular formula is C18H25N5O2S. The van der Waals surface area contributed by atoms with Gasteiger partial charge in [0.25, 0.3) is 11.5 Å². The summed E-state index contributed by atoms with van der Waals surface area (Å²) in [5.74, 6) is 0.209. The van der Waals surface area contributed by atoms with Crippen molar-refractivity contribution in [2.45, 2.75) is 46.1 Å². The standard InChI is InChI=1S/C18H25N5O2S/c1-9-10(2)22-23(4)18(25)14(9)17-20-11(3)15(26-17)16(24)21-13-7-5-6-12(13)8-19/h12-13H,5-8,19H2,1-4H3,(H,21,24). The first-order valence-electron chi connectivity index (χ1n) is 8.86. The number of carbonyl (C=O) groups excluding carboxylic acids is 1. The lowest BCUT2D eigenvalue weighted by Gasteiger charge is -2.19. The molecule has 2 aromatic rings. The molecule has 0 saturated heterocycles. The first-order chi connectivity index (χ1) is 12.3. The molecule has 8 heteroatoms. The quantitative estimate of drug-likeness (QED) is 0.846. The number of nitrogens with zero attached hydrogens (tertiary/aromatic N) is 3. The zero-order chi connectivity index (χ0) is 19.0. The molecule has 140 valence electrons. The van der Waals surface area contributed by atoms with Crippen LogP contribution < -0.4 is 16.6 Å². The van der Waals surface area contributed by atoms with E-state index in [1.807, 2.05) is 13.8 Å². The highest BCUT2D eigenvalue weighted by molar-refractivity contribution is 7.17. The Morgan fingerprint density at radius 2 is 2.04 bits per heavy atom. The summed E-state index contributed by atoms with van der Waals surface area (Å²) in [6.07, 6.45) is 3.10. The molecule has 0 radical (unpaired) electrons. The van der Waals surface area contributed by atoms with Crippen molar-refractivity contribution in [3.8, 4) is 10.6 Å². The summed E-state index contributed by atoms with van der Waals surface area (Å²) in [7, 11) is 1.62. The fraction of sp³-hybridized carbons (Fsp3) is 0.556. The zero-order valence-corrected chi connectivity index (χ0v) is 16.4. The SMILES string of the molecule is Cc1nc(-c2c(C)c(C)nn(C)c2=O)sc1C(=O)NC1CCCC1CN. The van der Waals surface area contributed by atoms with Crippen molar-refractivity contribution in [3.05, 3.63) is 32.2 Å². The average Bonchev–Trinajstić information content (AvgIpc) is 3.19. The van der Waals surface area contributed by atoms with Gasteiger partial charge in [0.05, 0.1) is 17.0 Å². The van der Waals surface area contributed by atoms with Gasteiger partial charge in [-0.2, -0.15) is 5.10 Å². The van der Waals surface area contributed by atoms with E-state index in [0.29, 0.717) is 33.6 Å². The number of hydrogen-bond acceptors (Lipinski definition) is 6. The van der Waals surface area contributed by atoms with Crippen LogP contribution in [0.25, 0.3) is 10.6 Å². The number of nitrogens with one attached hydrogen (secondary N) is 1. The molecule has 2 atom stereocenters. The van der Waals surface area contributed by atoms with Gasteiger partial charge < -0.3 is 11.1 Å². The normalized spacial score (nSPS) is 19.7. The van der Waals surface area contributed by atoms with E-state index in [2.05, 4.69) is 15.4 Å². The van der Waals surface area contributed by atoms with Crippen LogP contribution in [0.15, 0.2) is 4.79 Å². The topological polar surface area (TPSA) is 103 Å². The van der Waals surface area contributed by atoms with E-state index in [0.717, 1.165) is 30.5 Å². The highest BCUT2D eigenvalue weighted by Crippen LogP contribution is 2.30. The maximum absolute atomic E-state index is 12.8. The van der Waals surface area contributed by atoms with Gasteiger partial charge in [-0.1, -0.05) is 6.42 Å². The van der Waals surface area contributed by atoms with Gasteiger partial charge in [0.1, 0.15) is 9.88 Å². The number of amides is 1. The Kier molecular flexibility index (Phi) is 5.24. The van der Waals surface area contributed by atoms with Gasteiger partial charge in [0, 0.05) is 13.1 Å². The fourth-order valence-corrected chi connectivity index (χ4v) is 4.62. The smallest absolute Gasteiger partial charge is 0.277 e. The Hall–Kier alpha value is -2.06. The van der Waals surface area contributed by atoms with Crippen LogP contribution in [-0.4, -0.2) is 33.3 Å². The van der Waals surface area contributed by atoms with Crippen LogP contribution in [-0.2, 0) is 7.05 Å². The molecule has 7 nitrogen and oxygen atoms in total. The monoisotopic (exact) mass is 375 g/mol. The van der Waals surface area contributed by atoms with Gasteiger partial charge in [-0.15, -0.1) is 11.3 Å². The van der Waals surface area contributed by atoms with E-state index in [9.17, 15) is 9.59 Å². The highest BCUT2D eigenvalue weighted by Gasteiger charge is 2.29. The van der Waals surface area contributed by atoms with Crippen LogP contribution in [0.1, 0.15) is 45.9 Å². The van der Waals surface area contributed by atoms with Gasteiger partial charge in [-0.25, -0.2) is 9.67 Å². The highest BCUT2D eigenvalue weighted by atomic mass is 32.1. The lowest BCUT2D eigenvalue weighted by Crippen LogP contribution is -2.39. The van der Waals surface area contributed by atoms with Gasteiger partial charge in [0.15, 0.2) is 0 Å². The summed E-state index contributed by atoms with van der Waals surface area (Å²) in [5.41, 5.74) is 8.34. The Balaban J connectivity index is 1.93. The number of aryl methyl sites for hydroxylation is 3. The molecule has 1 saturated carbocycles. The Morgan fingerprint density at radius 3 is 2.73 bits per heavy atom. The number of nitrogens with two attached hydrogens (primary N) is 1. The van der Waals surface area contributed by atoms with Crippen molar-refractivity contribution < 1.29 is 4.79 Å². The molecule has 3 rings (SSSR count). The summed E-state index contributed by atoms with van der Waals surface area (Å²) in [4.78, 5) is 30.4. The van der Waals surface area contributed by atoms with E-state index in [1.165, 1.54) is 16.0 Å². The lowest BCUT2D eigenvalue weighted by molar-refractivity contribution is 0.0932. The molecule has 1 fully saturated rings. The van der Waals surface area contributed by atoms with Crippen LogP contribution in [0.4, 0.5) is 0 Å². The second-order valence-corrected chi connectivity index (χ2v) is 7.95. The van der Waals surface area contributed by atoms with Crippen LogP contribution >= 0.6 is 11.3 Å². The molecule has 0 aliphatic heterocycles. The predicted molar refractivity (Wildman–Crippen MR) is 102 cm³/mol. The average molecular weight is 375 g/mol. The molecule has 26 heavy (non-hydrogen) atoms. The Morgan fingerprint density at radius 1 is 1.31 bits per heavy atom. The number of rotatable bonds is 4. The van der Waals surface area contributed by atoms with Crippen molar-refractivity contribution in [1.29, 1.82) is 0 Å². The van der Waals surface area contributed by atoms with Crippen molar-refractivity contribution >= 4 is 17.2 Å². The number of hydrogen-bond donors (Lipinski definition) is 2. The van der Waals surface area contributed by atoms with Gasteiger partial charge in [-0.3, -0.25) is 9.59 Å². The third-order valence-corrected chi connectivity index (χ3v) is 6.39. The largest absolute Gasteiger partial charge is 0.348 e. The molecule has 0 aromatic carbocycles. The predicted octanol–water partition coefficient (Wildman–Crippen LogP) is 1.69. The van der Waals surface area contributed by atoms with Crippen molar-refractivity contribution in [2.24, 2.45) is 18.7 Å². The van der Waals surface area contributed by atoms with Gasteiger partial charge >= 0.3 is 0 Å². The van der Waals surface area contributed by atoms with E-state index >= 15 is 0 Å². The third kappa shape index (κ3) is 3.31. The van der Waals surface area contributed by atoms with E-state index in [1.54, 1.807) is 14.0 Å². The maximum Gasteiger partial charge on any atom is 0.277 e. The minimum absolute atomic E-state index is 0.121. The number of carbonyl (C=O) groups is 1. The van der Waals surface area contributed by atoms with E-state index in [-0.39, 0.29) is 17.5 Å². The van der Waals surface area contributed by atoms with Crippen molar-refractivity contribution in [3.63, 3.8) is 0 Å². The Labute approximate surface area is 156 Å². The maximum atomic E-state index is 12.8. The first kappa shape index (κ1) is 18.7. The summed E-state index contributed by atoms with van der Waals surface area (Å²) in [5, 5.41) is 7.88. The molecule has 1 amide bonds. The molecule has 1 aliphatic rings. The fourth-order valence-electron chi connectivity index (χ4n) is 3.56. The van der Waals surface area contributed by atoms with Crippen molar-refractivity contribution in [2.75, 3.05) is 6.54 Å². The second-order valence-electron chi connectivity index (χ2n) is 6.95. The molecule has 2 aromatic heterocycles. The number of thiazole rings is 1. The van der Waals surface area contributed by atoms with Crippen LogP contribution in [0.5, 0.6) is 0 Å². The van der Waals surface area contributed by atoms with Gasteiger partial charge in [0.2, 0.25) is 0 Å². The number of aromatic nitrogens is 3. The molecule has 0 bridgehead atoms.